The van der Waals surface area contributed by atoms with Gasteiger partial charge in [0, 0.05) is 17.0 Å². The standard InChI is InChI=1S/C22H14N4O4/c27-20-11-16(21-18-4-2-1-3-14(18)7-10-19(21)30-20)12-29-22(28)15-5-8-17(9-6-15)26-13-23-24-25-26/h1-11,13H,12H2. The molecule has 0 atom stereocenters. The maximum atomic E-state index is 12.5. The molecule has 146 valence electrons. The number of aromatic nitrogens is 4. The first-order chi connectivity index (χ1) is 14.7. The van der Waals surface area contributed by atoms with Gasteiger partial charge in [-0.25, -0.2) is 14.3 Å². The second kappa shape index (κ2) is 7.25. The third-order valence-electron chi connectivity index (χ3n) is 4.79. The van der Waals surface area contributed by atoms with Gasteiger partial charge in [0.15, 0.2) is 0 Å². The first-order valence-electron chi connectivity index (χ1n) is 9.14. The molecule has 30 heavy (non-hydrogen) atoms. The molecule has 0 aliphatic rings. The Hall–Kier alpha value is -4.33. The van der Waals surface area contributed by atoms with E-state index in [1.807, 2.05) is 30.3 Å². The molecular formula is C22H14N4O4. The maximum Gasteiger partial charge on any atom is 0.338 e. The zero-order valence-electron chi connectivity index (χ0n) is 15.6. The Kier molecular flexibility index (Phi) is 4.29. The molecule has 0 saturated heterocycles. The lowest BCUT2D eigenvalue weighted by Gasteiger charge is -2.10. The minimum Gasteiger partial charge on any atom is -0.457 e. The zero-order chi connectivity index (χ0) is 20.5. The van der Waals surface area contributed by atoms with E-state index in [-0.39, 0.29) is 6.61 Å². The minimum atomic E-state index is -0.500. The van der Waals surface area contributed by atoms with E-state index in [1.165, 1.54) is 17.1 Å². The van der Waals surface area contributed by atoms with Gasteiger partial charge in [0.25, 0.3) is 0 Å². The van der Waals surface area contributed by atoms with Crippen LogP contribution in [0.4, 0.5) is 0 Å². The number of nitrogens with zero attached hydrogens (tertiary/aromatic N) is 4. The van der Waals surface area contributed by atoms with Crippen LogP contribution in [0.3, 0.4) is 0 Å². The summed E-state index contributed by atoms with van der Waals surface area (Å²) in [6.45, 7) is -0.0519. The van der Waals surface area contributed by atoms with Crippen LogP contribution >= 0.6 is 0 Å². The first-order valence-corrected chi connectivity index (χ1v) is 9.14. The predicted molar refractivity (Wildman–Crippen MR) is 108 cm³/mol. The molecule has 0 bridgehead atoms. The predicted octanol–water partition coefficient (Wildman–Crippen LogP) is 3.28. The van der Waals surface area contributed by atoms with Crippen LogP contribution in [0.2, 0.25) is 0 Å². The van der Waals surface area contributed by atoms with Crippen LogP contribution < -0.4 is 5.63 Å². The third-order valence-corrected chi connectivity index (χ3v) is 4.79. The van der Waals surface area contributed by atoms with Gasteiger partial charge in [-0.05, 0) is 51.5 Å². The summed E-state index contributed by atoms with van der Waals surface area (Å²) in [6.07, 6.45) is 1.46. The van der Waals surface area contributed by atoms with Crippen molar-refractivity contribution in [2.75, 3.05) is 0 Å². The molecule has 0 saturated carbocycles. The molecule has 0 spiro atoms. The number of benzene rings is 3. The van der Waals surface area contributed by atoms with Crippen molar-refractivity contribution in [1.82, 2.24) is 20.2 Å². The molecule has 0 N–H and O–H groups in total. The second-order valence-corrected chi connectivity index (χ2v) is 6.63. The summed E-state index contributed by atoms with van der Waals surface area (Å²) in [5.74, 6) is -0.500. The topological polar surface area (TPSA) is 100 Å². The molecule has 2 aromatic heterocycles. The number of esters is 1. The summed E-state index contributed by atoms with van der Waals surface area (Å²) < 4.78 is 12.3. The lowest BCUT2D eigenvalue weighted by atomic mass is 10.0. The molecule has 0 aliphatic heterocycles. The maximum absolute atomic E-state index is 12.5. The largest absolute Gasteiger partial charge is 0.457 e. The summed E-state index contributed by atoms with van der Waals surface area (Å²) in [5.41, 5.74) is 1.66. The molecular weight excluding hydrogens is 384 g/mol. The highest BCUT2D eigenvalue weighted by Gasteiger charge is 2.13. The van der Waals surface area contributed by atoms with Crippen molar-refractivity contribution < 1.29 is 13.9 Å². The summed E-state index contributed by atoms with van der Waals surface area (Å²) >= 11 is 0. The van der Waals surface area contributed by atoms with Crippen molar-refractivity contribution in [3.63, 3.8) is 0 Å². The summed E-state index contributed by atoms with van der Waals surface area (Å²) in [7, 11) is 0. The number of ether oxygens (including phenoxy) is 1. The van der Waals surface area contributed by atoms with Crippen LogP contribution in [0.5, 0.6) is 0 Å². The third kappa shape index (κ3) is 3.20. The molecule has 3 aromatic carbocycles. The number of carbonyl (C=O) groups excluding carboxylic acids is 1. The number of tetrazole rings is 1. The highest BCUT2D eigenvalue weighted by Crippen LogP contribution is 2.28. The monoisotopic (exact) mass is 398 g/mol. The van der Waals surface area contributed by atoms with E-state index in [9.17, 15) is 9.59 Å². The molecule has 0 radical (unpaired) electrons. The van der Waals surface area contributed by atoms with Crippen molar-refractivity contribution in [3.05, 3.63) is 94.6 Å². The summed E-state index contributed by atoms with van der Waals surface area (Å²) in [5, 5.41) is 13.6. The Labute approximate surface area is 169 Å². The Balaban J connectivity index is 1.44. The molecule has 5 rings (SSSR count). The zero-order valence-corrected chi connectivity index (χ0v) is 15.6. The van der Waals surface area contributed by atoms with Crippen molar-refractivity contribution in [3.8, 4) is 5.69 Å². The lowest BCUT2D eigenvalue weighted by molar-refractivity contribution is 0.0474. The molecule has 0 aliphatic carbocycles. The quantitative estimate of drug-likeness (QED) is 0.260. The summed E-state index contributed by atoms with van der Waals surface area (Å²) in [4.78, 5) is 24.5. The second-order valence-electron chi connectivity index (χ2n) is 6.63. The molecule has 0 fully saturated rings. The van der Waals surface area contributed by atoms with Gasteiger partial charge in [-0.2, -0.15) is 0 Å². The van der Waals surface area contributed by atoms with Crippen molar-refractivity contribution >= 4 is 27.7 Å². The number of carbonyl (C=O) groups is 1. The van der Waals surface area contributed by atoms with E-state index in [1.54, 1.807) is 30.3 Å². The van der Waals surface area contributed by atoms with Crippen LogP contribution in [0, 0.1) is 0 Å². The Morgan fingerprint density at radius 3 is 2.67 bits per heavy atom. The average molecular weight is 398 g/mol. The van der Waals surface area contributed by atoms with Crippen molar-refractivity contribution in [2.24, 2.45) is 0 Å². The van der Waals surface area contributed by atoms with E-state index < -0.39 is 11.6 Å². The highest BCUT2D eigenvalue weighted by atomic mass is 16.5. The van der Waals surface area contributed by atoms with Crippen LogP contribution in [0.15, 0.2) is 82.3 Å². The minimum absolute atomic E-state index is 0.0519. The van der Waals surface area contributed by atoms with E-state index in [0.29, 0.717) is 16.7 Å². The lowest BCUT2D eigenvalue weighted by Crippen LogP contribution is -2.08. The van der Waals surface area contributed by atoms with Gasteiger partial charge >= 0.3 is 11.6 Å². The molecule has 8 nitrogen and oxygen atoms in total. The van der Waals surface area contributed by atoms with Crippen LogP contribution in [-0.4, -0.2) is 26.2 Å². The fraction of sp³-hybridized carbons (Fsp3) is 0.0455. The van der Waals surface area contributed by atoms with Gasteiger partial charge in [0.2, 0.25) is 0 Å². The van der Waals surface area contributed by atoms with Gasteiger partial charge in [-0.1, -0.05) is 30.3 Å². The van der Waals surface area contributed by atoms with E-state index in [2.05, 4.69) is 15.5 Å². The molecule has 2 heterocycles. The van der Waals surface area contributed by atoms with Crippen LogP contribution in [0.25, 0.3) is 27.4 Å². The van der Waals surface area contributed by atoms with Gasteiger partial charge in [-0.3, -0.25) is 0 Å². The highest BCUT2D eigenvalue weighted by molar-refractivity contribution is 6.07. The summed E-state index contributed by atoms with van der Waals surface area (Å²) in [6, 6.07) is 19.5. The number of hydrogen-bond acceptors (Lipinski definition) is 7. The number of rotatable bonds is 4. The van der Waals surface area contributed by atoms with Crippen LogP contribution in [0.1, 0.15) is 15.9 Å². The Morgan fingerprint density at radius 2 is 1.87 bits per heavy atom. The molecule has 0 unspecified atom stereocenters. The molecule has 5 aromatic rings. The van der Waals surface area contributed by atoms with E-state index in [0.717, 1.165) is 21.8 Å². The Bertz CT molecular complexity index is 1420. The first kappa shape index (κ1) is 17.7. The van der Waals surface area contributed by atoms with E-state index in [4.69, 9.17) is 9.15 Å². The Morgan fingerprint density at radius 1 is 1.03 bits per heavy atom. The van der Waals surface area contributed by atoms with E-state index >= 15 is 0 Å². The molecule has 8 heteroatoms. The normalized spacial score (nSPS) is 11.1. The number of hydrogen-bond donors (Lipinski definition) is 0. The number of fused-ring (bicyclic) bond motifs is 3. The van der Waals surface area contributed by atoms with Crippen LogP contribution in [-0.2, 0) is 11.3 Å². The molecule has 0 amide bonds. The van der Waals surface area contributed by atoms with Gasteiger partial charge in [0.05, 0.1) is 11.3 Å². The fourth-order valence-electron chi connectivity index (χ4n) is 3.39. The van der Waals surface area contributed by atoms with Crippen molar-refractivity contribution in [2.45, 2.75) is 6.61 Å². The SMILES string of the molecule is O=C(OCc1cc(=O)oc2ccc3ccccc3c12)c1ccc(-n2cnnn2)cc1. The van der Waals surface area contributed by atoms with Gasteiger partial charge in [0.1, 0.15) is 18.5 Å². The van der Waals surface area contributed by atoms with Gasteiger partial charge in [-0.15, -0.1) is 5.10 Å². The van der Waals surface area contributed by atoms with Crippen molar-refractivity contribution in [1.29, 1.82) is 0 Å². The average Bonchev–Trinajstić information content (AvgIpc) is 3.32. The smallest absolute Gasteiger partial charge is 0.338 e. The van der Waals surface area contributed by atoms with Gasteiger partial charge < -0.3 is 9.15 Å². The fourth-order valence-corrected chi connectivity index (χ4v) is 3.39.